The van der Waals surface area contributed by atoms with Crippen LogP contribution < -0.4 is 37.9 Å². The lowest BCUT2D eigenvalue weighted by molar-refractivity contribution is 0.253. The van der Waals surface area contributed by atoms with Crippen LogP contribution in [0.1, 0.15) is 25.3 Å². The highest BCUT2D eigenvalue weighted by molar-refractivity contribution is 5.94. The first-order chi connectivity index (χ1) is 9.70. The number of benzene rings is 1. The first-order valence-corrected chi connectivity index (χ1v) is 6.11. The van der Waals surface area contributed by atoms with Crippen molar-refractivity contribution in [2.75, 3.05) is 17.1 Å². The number of carbonyl (C=O) groups excluding carboxylic acids is 2. The molecule has 9 heteroatoms. The minimum atomic E-state index is -0.852. The normalized spacial score (nSPS) is 10.4. The van der Waals surface area contributed by atoms with Crippen LogP contribution in [0.15, 0.2) is 12.1 Å². The van der Waals surface area contributed by atoms with Crippen molar-refractivity contribution in [3.63, 3.8) is 0 Å². The lowest BCUT2D eigenvalue weighted by Crippen LogP contribution is -2.43. The van der Waals surface area contributed by atoms with Crippen LogP contribution in [-0.2, 0) is 0 Å². The van der Waals surface area contributed by atoms with Gasteiger partial charge in [0, 0.05) is 6.07 Å². The van der Waals surface area contributed by atoms with E-state index in [1.807, 2.05) is 13.8 Å². The number of methoxy groups -OCH3 is 1. The van der Waals surface area contributed by atoms with Crippen molar-refractivity contribution < 1.29 is 14.3 Å². The monoisotopic (exact) mass is 296 g/mol. The Kier molecular flexibility index (Phi) is 4.95. The number of urea groups is 2. The van der Waals surface area contributed by atoms with Gasteiger partial charge in [-0.25, -0.2) is 31.3 Å². The number of nitrogens with two attached hydrogens (primary N) is 4. The van der Waals surface area contributed by atoms with Gasteiger partial charge in [0.1, 0.15) is 11.4 Å². The van der Waals surface area contributed by atoms with Gasteiger partial charge in [-0.3, -0.25) is 0 Å². The maximum absolute atomic E-state index is 11.3. The molecule has 1 rings (SSSR count). The van der Waals surface area contributed by atoms with Crippen molar-refractivity contribution in [1.29, 1.82) is 0 Å². The fourth-order valence-corrected chi connectivity index (χ4v) is 1.83. The van der Waals surface area contributed by atoms with Gasteiger partial charge in [0.05, 0.1) is 12.8 Å². The van der Waals surface area contributed by atoms with Gasteiger partial charge in [0.2, 0.25) is 0 Å². The highest BCUT2D eigenvalue weighted by atomic mass is 16.5. The van der Waals surface area contributed by atoms with Gasteiger partial charge in [-0.05, 0) is 17.5 Å². The molecule has 0 aliphatic rings. The minimum Gasteiger partial charge on any atom is -0.494 e. The molecule has 116 valence electrons. The summed E-state index contributed by atoms with van der Waals surface area (Å²) in [6, 6.07) is 1.37. The largest absolute Gasteiger partial charge is 0.494 e. The van der Waals surface area contributed by atoms with E-state index in [9.17, 15) is 9.59 Å². The summed E-state index contributed by atoms with van der Waals surface area (Å²) < 4.78 is 5.16. The molecular formula is C12H20N6O3. The topological polar surface area (TPSA) is 154 Å². The number of rotatable bonds is 4. The molecule has 1 aromatic rings. The SMILES string of the molecule is COc1cc(N(N)C(N)=O)c(C(C)C)cc1N(N)C(N)=O. The molecule has 0 heterocycles. The Balaban J connectivity index is 3.55. The lowest BCUT2D eigenvalue weighted by atomic mass is 9.99. The molecule has 0 saturated carbocycles. The number of primary amides is 2. The van der Waals surface area contributed by atoms with Crippen molar-refractivity contribution in [2.24, 2.45) is 23.2 Å². The van der Waals surface area contributed by atoms with Crippen molar-refractivity contribution in [3.05, 3.63) is 17.7 Å². The molecule has 0 bridgehead atoms. The van der Waals surface area contributed by atoms with E-state index >= 15 is 0 Å². The van der Waals surface area contributed by atoms with Crippen molar-refractivity contribution in [3.8, 4) is 5.75 Å². The standard InChI is InChI=1S/C12H20N6O3/c1-6(2)7-4-9(18(16)12(14)20)10(21-3)5-8(7)17(15)11(13)19/h4-6H,15-16H2,1-3H3,(H2,13,19)(H2,14,20). The van der Waals surface area contributed by atoms with Gasteiger partial charge in [0.15, 0.2) is 0 Å². The van der Waals surface area contributed by atoms with Crippen molar-refractivity contribution in [2.45, 2.75) is 19.8 Å². The number of hydrogen-bond acceptors (Lipinski definition) is 5. The molecule has 0 spiro atoms. The summed E-state index contributed by atoms with van der Waals surface area (Å²) in [5.74, 6) is 11.5. The molecule has 0 unspecified atom stereocenters. The van der Waals surface area contributed by atoms with Gasteiger partial charge in [0.25, 0.3) is 0 Å². The molecule has 0 fully saturated rings. The van der Waals surface area contributed by atoms with E-state index < -0.39 is 12.1 Å². The molecule has 9 nitrogen and oxygen atoms in total. The Morgan fingerprint density at radius 1 is 1.05 bits per heavy atom. The lowest BCUT2D eigenvalue weighted by Gasteiger charge is -2.24. The van der Waals surface area contributed by atoms with Crippen LogP contribution in [0.3, 0.4) is 0 Å². The Labute approximate surface area is 122 Å². The third-order valence-electron chi connectivity index (χ3n) is 2.94. The van der Waals surface area contributed by atoms with Gasteiger partial charge in [-0.1, -0.05) is 13.8 Å². The second kappa shape index (κ2) is 6.29. The molecular weight excluding hydrogens is 276 g/mol. The number of hydrazine groups is 2. The molecule has 8 N–H and O–H groups in total. The summed E-state index contributed by atoms with van der Waals surface area (Å²) in [7, 11) is 1.39. The number of anilines is 2. The predicted molar refractivity (Wildman–Crippen MR) is 79.6 cm³/mol. The number of ether oxygens (including phenoxy) is 1. The minimum absolute atomic E-state index is 0.0173. The summed E-state index contributed by atoms with van der Waals surface area (Å²) in [6.45, 7) is 3.77. The summed E-state index contributed by atoms with van der Waals surface area (Å²) in [5.41, 5.74) is 11.6. The van der Waals surface area contributed by atoms with Gasteiger partial charge in [-0.15, -0.1) is 0 Å². The first-order valence-electron chi connectivity index (χ1n) is 6.11. The predicted octanol–water partition coefficient (Wildman–Crippen LogP) is 0.336. The third-order valence-corrected chi connectivity index (χ3v) is 2.94. The van der Waals surface area contributed by atoms with E-state index in [4.69, 9.17) is 27.9 Å². The fraction of sp³-hybridized carbons (Fsp3) is 0.333. The fourth-order valence-electron chi connectivity index (χ4n) is 1.83. The second-order valence-electron chi connectivity index (χ2n) is 4.65. The first kappa shape index (κ1) is 16.5. The molecule has 0 radical (unpaired) electrons. The zero-order valence-electron chi connectivity index (χ0n) is 12.2. The van der Waals surface area contributed by atoms with Crippen LogP contribution in [0.4, 0.5) is 21.0 Å². The number of hydrogen-bond donors (Lipinski definition) is 4. The van der Waals surface area contributed by atoms with Crippen LogP contribution in [0, 0.1) is 0 Å². The third kappa shape index (κ3) is 3.33. The summed E-state index contributed by atoms with van der Waals surface area (Å²) in [6.07, 6.45) is 0. The average molecular weight is 296 g/mol. The van der Waals surface area contributed by atoms with E-state index in [1.165, 1.54) is 13.2 Å². The maximum Gasteiger partial charge on any atom is 0.333 e. The van der Waals surface area contributed by atoms with E-state index in [2.05, 4.69) is 0 Å². The smallest absolute Gasteiger partial charge is 0.333 e. The van der Waals surface area contributed by atoms with Crippen LogP contribution in [-0.4, -0.2) is 19.2 Å². The van der Waals surface area contributed by atoms with E-state index in [-0.39, 0.29) is 17.4 Å². The Morgan fingerprint density at radius 3 is 1.90 bits per heavy atom. The Morgan fingerprint density at radius 2 is 1.52 bits per heavy atom. The summed E-state index contributed by atoms with van der Waals surface area (Å²) >= 11 is 0. The average Bonchev–Trinajstić information content (AvgIpc) is 2.43. The van der Waals surface area contributed by atoms with E-state index in [0.29, 0.717) is 11.3 Å². The molecule has 0 atom stereocenters. The molecule has 1 aromatic carbocycles. The zero-order valence-corrected chi connectivity index (χ0v) is 12.2. The number of amides is 4. The van der Waals surface area contributed by atoms with Gasteiger partial charge >= 0.3 is 12.1 Å². The van der Waals surface area contributed by atoms with Crippen molar-refractivity contribution >= 4 is 23.4 Å². The van der Waals surface area contributed by atoms with E-state index in [1.54, 1.807) is 6.07 Å². The molecule has 0 aromatic heterocycles. The molecule has 0 aliphatic carbocycles. The number of carbonyl (C=O) groups is 2. The van der Waals surface area contributed by atoms with Gasteiger partial charge < -0.3 is 16.2 Å². The maximum atomic E-state index is 11.3. The zero-order chi connectivity index (χ0) is 16.3. The van der Waals surface area contributed by atoms with Crippen LogP contribution >= 0.6 is 0 Å². The Bertz CT molecular complexity index is 560. The Hall–Kier alpha value is -2.52. The second-order valence-corrected chi connectivity index (χ2v) is 4.65. The molecule has 21 heavy (non-hydrogen) atoms. The van der Waals surface area contributed by atoms with Gasteiger partial charge in [-0.2, -0.15) is 0 Å². The van der Waals surface area contributed by atoms with Crippen LogP contribution in [0.25, 0.3) is 0 Å². The van der Waals surface area contributed by atoms with Crippen molar-refractivity contribution in [1.82, 2.24) is 0 Å². The summed E-state index contributed by atoms with van der Waals surface area (Å²) in [5, 5.41) is 1.55. The summed E-state index contributed by atoms with van der Waals surface area (Å²) in [4.78, 5) is 22.5. The molecule has 4 amide bonds. The van der Waals surface area contributed by atoms with Crippen LogP contribution in [0.5, 0.6) is 5.75 Å². The number of nitrogens with zero attached hydrogens (tertiary/aromatic N) is 2. The molecule has 0 aliphatic heterocycles. The quantitative estimate of drug-likeness (QED) is 0.358. The van der Waals surface area contributed by atoms with E-state index in [0.717, 1.165) is 10.0 Å². The highest BCUT2D eigenvalue weighted by Gasteiger charge is 2.22. The van der Waals surface area contributed by atoms with Crippen LogP contribution in [0.2, 0.25) is 0 Å². The molecule has 0 saturated heterocycles. The highest BCUT2D eigenvalue weighted by Crippen LogP contribution is 2.37.